The molecule has 1 aliphatic heterocycles. The molecule has 3 aromatic rings. The molecule has 0 atom stereocenters. The van der Waals surface area contributed by atoms with E-state index in [9.17, 15) is 9.18 Å². The van der Waals surface area contributed by atoms with Crippen molar-refractivity contribution in [3.63, 3.8) is 0 Å². The second-order valence-corrected chi connectivity index (χ2v) is 7.80. The average Bonchev–Trinajstić information content (AvgIpc) is 3.15. The van der Waals surface area contributed by atoms with Gasteiger partial charge in [-0.25, -0.2) is 9.07 Å². The van der Waals surface area contributed by atoms with E-state index in [0.717, 1.165) is 25.2 Å². The number of carbonyl (C=O) groups is 1. The number of amides is 1. The average molecular weight is 407 g/mol. The second kappa shape index (κ2) is 9.22. The summed E-state index contributed by atoms with van der Waals surface area (Å²) in [6.45, 7) is 5.41. The molecule has 1 aromatic heterocycles. The van der Waals surface area contributed by atoms with Gasteiger partial charge in [0.05, 0.1) is 17.5 Å². The summed E-state index contributed by atoms with van der Waals surface area (Å²) in [6.07, 6.45) is 5.32. The lowest BCUT2D eigenvalue weighted by Crippen LogP contribution is -2.30. The van der Waals surface area contributed by atoms with E-state index in [2.05, 4.69) is 27.4 Å². The molecule has 5 nitrogen and oxygen atoms in total. The highest BCUT2D eigenvalue weighted by molar-refractivity contribution is 5.95. The summed E-state index contributed by atoms with van der Waals surface area (Å²) >= 11 is 0. The zero-order valence-electron chi connectivity index (χ0n) is 17.3. The summed E-state index contributed by atoms with van der Waals surface area (Å²) in [5.41, 5.74) is 3.76. The van der Waals surface area contributed by atoms with Gasteiger partial charge in [0.2, 0.25) is 0 Å². The van der Waals surface area contributed by atoms with Gasteiger partial charge in [0.15, 0.2) is 0 Å². The van der Waals surface area contributed by atoms with Gasteiger partial charge in [-0.1, -0.05) is 42.8 Å². The van der Waals surface area contributed by atoms with Gasteiger partial charge in [0.25, 0.3) is 5.91 Å². The van der Waals surface area contributed by atoms with E-state index in [0.29, 0.717) is 23.5 Å². The first kappa shape index (κ1) is 20.3. The van der Waals surface area contributed by atoms with Crippen LogP contribution in [0.3, 0.4) is 0 Å². The standard InChI is InChI=1S/C24H27FN4O/c1-18-21(16-27-29(18)23-12-6-5-11-22(23)25)24(30)26-15-19-9-3-4-10-20(19)17-28-13-7-2-8-14-28/h3-6,9-12,16H,2,7-8,13-15,17H2,1H3,(H,26,30). The highest BCUT2D eigenvalue weighted by Crippen LogP contribution is 2.18. The molecule has 2 aromatic carbocycles. The Balaban J connectivity index is 1.45. The van der Waals surface area contributed by atoms with Crippen LogP contribution in [0.4, 0.5) is 4.39 Å². The zero-order chi connectivity index (χ0) is 20.9. The van der Waals surface area contributed by atoms with Gasteiger partial charge in [0, 0.05) is 13.1 Å². The van der Waals surface area contributed by atoms with E-state index >= 15 is 0 Å². The van der Waals surface area contributed by atoms with Crippen molar-refractivity contribution in [3.05, 3.63) is 82.9 Å². The summed E-state index contributed by atoms with van der Waals surface area (Å²) in [5, 5.41) is 7.24. The van der Waals surface area contributed by atoms with Crippen LogP contribution in [-0.4, -0.2) is 33.7 Å². The number of likely N-dealkylation sites (tertiary alicyclic amines) is 1. The number of para-hydroxylation sites is 1. The van der Waals surface area contributed by atoms with Crippen molar-refractivity contribution >= 4 is 5.91 Å². The first-order chi connectivity index (χ1) is 14.6. The van der Waals surface area contributed by atoms with Crippen LogP contribution in [0.25, 0.3) is 5.69 Å². The Morgan fingerprint density at radius 1 is 1.03 bits per heavy atom. The van der Waals surface area contributed by atoms with Crippen LogP contribution in [0.5, 0.6) is 0 Å². The van der Waals surface area contributed by atoms with E-state index < -0.39 is 0 Å². The first-order valence-electron chi connectivity index (χ1n) is 10.5. The molecular weight excluding hydrogens is 379 g/mol. The molecule has 30 heavy (non-hydrogen) atoms. The lowest BCUT2D eigenvalue weighted by molar-refractivity contribution is 0.0950. The molecule has 1 aliphatic rings. The number of hydrogen-bond acceptors (Lipinski definition) is 3. The molecule has 1 fully saturated rings. The Morgan fingerprint density at radius 3 is 2.50 bits per heavy atom. The van der Waals surface area contributed by atoms with E-state index in [4.69, 9.17) is 0 Å². The summed E-state index contributed by atoms with van der Waals surface area (Å²) < 4.78 is 15.6. The largest absolute Gasteiger partial charge is 0.348 e. The normalized spacial score (nSPS) is 14.6. The number of nitrogens with one attached hydrogen (secondary N) is 1. The summed E-state index contributed by atoms with van der Waals surface area (Å²) in [4.78, 5) is 15.3. The number of carbonyl (C=O) groups excluding carboxylic acids is 1. The highest BCUT2D eigenvalue weighted by atomic mass is 19.1. The molecule has 0 aliphatic carbocycles. The number of piperidine rings is 1. The van der Waals surface area contributed by atoms with E-state index in [-0.39, 0.29) is 11.7 Å². The molecule has 1 amide bonds. The SMILES string of the molecule is Cc1c(C(=O)NCc2ccccc2CN2CCCCC2)cnn1-c1ccccc1F. The molecule has 0 saturated carbocycles. The van der Waals surface area contributed by atoms with Crippen LogP contribution >= 0.6 is 0 Å². The van der Waals surface area contributed by atoms with Crippen molar-refractivity contribution in [1.29, 1.82) is 0 Å². The molecule has 0 bridgehead atoms. The van der Waals surface area contributed by atoms with Crippen LogP contribution in [0.15, 0.2) is 54.7 Å². The van der Waals surface area contributed by atoms with Gasteiger partial charge in [-0.2, -0.15) is 5.10 Å². The van der Waals surface area contributed by atoms with E-state index in [1.807, 2.05) is 12.1 Å². The molecular formula is C24H27FN4O. The fraction of sp³-hybridized carbons (Fsp3) is 0.333. The smallest absolute Gasteiger partial charge is 0.255 e. The minimum atomic E-state index is -0.373. The van der Waals surface area contributed by atoms with Crippen molar-refractivity contribution in [3.8, 4) is 5.69 Å². The van der Waals surface area contributed by atoms with Gasteiger partial charge in [-0.15, -0.1) is 0 Å². The van der Waals surface area contributed by atoms with Crippen LogP contribution in [0.1, 0.15) is 46.4 Å². The highest BCUT2D eigenvalue weighted by Gasteiger charge is 2.17. The Labute approximate surface area is 176 Å². The minimum absolute atomic E-state index is 0.206. The third kappa shape index (κ3) is 4.44. The number of rotatable bonds is 6. The topological polar surface area (TPSA) is 50.2 Å². The maximum absolute atomic E-state index is 14.1. The second-order valence-electron chi connectivity index (χ2n) is 7.80. The van der Waals surface area contributed by atoms with Crippen molar-refractivity contribution in [2.75, 3.05) is 13.1 Å². The quantitative estimate of drug-likeness (QED) is 0.666. The lowest BCUT2D eigenvalue weighted by atomic mass is 10.0. The van der Waals surface area contributed by atoms with Crippen molar-refractivity contribution < 1.29 is 9.18 Å². The summed E-state index contributed by atoms with van der Waals surface area (Å²) in [5.74, 6) is -0.579. The van der Waals surface area contributed by atoms with E-state index in [1.54, 1.807) is 25.1 Å². The fourth-order valence-corrected chi connectivity index (χ4v) is 4.01. The monoisotopic (exact) mass is 406 g/mol. The van der Waals surface area contributed by atoms with Crippen LogP contribution in [0, 0.1) is 12.7 Å². The number of halogens is 1. The van der Waals surface area contributed by atoms with Gasteiger partial charge < -0.3 is 5.32 Å². The third-order valence-electron chi connectivity index (χ3n) is 5.74. The third-order valence-corrected chi connectivity index (χ3v) is 5.74. The predicted octanol–water partition coefficient (Wildman–Crippen LogP) is 4.24. The predicted molar refractivity (Wildman–Crippen MR) is 115 cm³/mol. The summed E-state index contributed by atoms with van der Waals surface area (Å²) in [7, 11) is 0. The molecule has 156 valence electrons. The zero-order valence-corrected chi connectivity index (χ0v) is 17.3. The Hall–Kier alpha value is -2.99. The molecule has 0 radical (unpaired) electrons. The van der Waals surface area contributed by atoms with Gasteiger partial charge >= 0.3 is 0 Å². The van der Waals surface area contributed by atoms with Gasteiger partial charge in [0.1, 0.15) is 11.5 Å². The van der Waals surface area contributed by atoms with Gasteiger partial charge in [-0.05, 0) is 56.1 Å². The van der Waals surface area contributed by atoms with E-state index in [1.165, 1.54) is 41.8 Å². The maximum Gasteiger partial charge on any atom is 0.255 e. The molecule has 0 spiro atoms. The Bertz CT molecular complexity index is 1020. The molecule has 1 saturated heterocycles. The number of nitrogens with zero attached hydrogens (tertiary/aromatic N) is 3. The molecule has 1 N–H and O–H groups in total. The number of hydrogen-bond donors (Lipinski definition) is 1. The van der Waals surface area contributed by atoms with Crippen molar-refractivity contribution in [2.45, 2.75) is 39.3 Å². The van der Waals surface area contributed by atoms with Crippen molar-refractivity contribution in [1.82, 2.24) is 20.0 Å². The van der Waals surface area contributed by atoms with Crippen molar-refractivity contribution in [2.24, 2.45) is 0 Å². The Morgan fingerprint density at radius 2 is 1.73 bits per heavy atom. The number of benzene rings is 2. The molecule has 2 heterocycles. The fourth-order valence-electron chi connectivity index (χ4n) is 4.01. The Kier molecular flexibility index (Phi) is 6.23. The summed E-state index contributed by atoms with van der Waals surface area (Å²) in [6, 6.07) is 14.7. The molecule has 0 unspecified atom stereocenters. The lowest BCUT2D eigenvalue weighted by Gasteiger charge is -2.27. The first-order valence-corrected chi connectivity index (χ1v) is 10.5. The van der Waals surface area contributed by atoms with Crippen LogP contribution < -0.4 is 5.32 Å². The molecule has 4 rings (SSSR count). The van der Waals surface area contributed by atoms with Crippen LogP contribution in [-0.2, 0) is 13.1 Å². The number of aromatic nitrogens is 2. The van der Waals surface area contributed by atoms with Gasteiger partial charge in [-0.3, -0.25) is 9.69 Å². The molecule has 6 heteroatoms. The minimum Gasteiger partial charge on any atom is -0.348 e. The maximum atomic E-state index is 14.1. The van der Waals surface area contributed by atoms with Crippen LogP contribution in [0.2, 0.25) is 0 Å².